The molecule has 0 aliphatic rings. The van der Waals surface area contributed by atoms with Crippen molar-refractivity contribution in [3.8, 4) is 0 Å². The Kier molecular flexibility index (Phi) is 2.03. The van der Waals surface area contributed by atoms with Crippen LogP contribution in [0, 0.1) is 0 Å². The summed E-state index contributed by atoms with van der Waals surface area (Å²) in [5.41, 5.74) is 0. The Morgan fingerprint density at radius 3 is 2.70 bits per heavy atom. The van der Waals surface area contributed by atoms with Gasteiger partial charge in [-0.2, -0.15) is 0 Å². The van der Waals surface area contributed by atoms with Gasteiger partial charge >= 0.3 is 0 Å². The van der Waals surface area contributed by atoms with Gasteiger partial charge in [0.15, 0.2) is 0 Å². The fraction of sp³-hybridized carbons (Fsp3) is 0.167. The van der Waals surface area contributed by atoms with E-state index in [9.17, 15) is 9.90 Å². The van der Waals surface area contributed by atoms with E-state index >= 15 is 0 Å². The summed E-state index contributed by atoms with van der Waals surface area (Å²) >= 11 is 1.03. The van der Waals surface area contributed by atoms with Crippen molar-refractivity contribution in [2.45, 2.75) is 6.61 Å². The number of carbonyl (C=O) groups excluding carboxylic acids is 1. The molecule has 1 rings (SSSR count). The van der Waals surface area contributed by atoms with Gasteiger partial charge in [0, 0.05) is 4.88 Å². The zero-order chi connectivity index (χ0) is 7.56. The molecule has 0 atom stereocenters. The molecule has 1 heterocycles. The lowest BCUT2D eigenvalue weighted by molar-refractivity contribution is -0.254. The van der Waals surface area contributed by atoms with Gasteiger partial charge in [-0.05, 0) is 12.1 Å². The predicted molar refractivity (Wildman–Crippen MR) is 34.6 cm³/mol. The second kappa shape index (κ2) is 2.81. The lowest BCUT2D eigenvalue weighted by Gasteiger charge is -1.92. The van der Waals surface area contributed by atoms with Crippen molar-refractivity contribution in [2.24, 2.45) is 0 Å². The fourth-order valence-electron chi connectivity index (χ4n) is 0.573. The van der Waals surface area contributed by atoms with E-state index < -0.39 is 5.97 Å². The van der Waals surface area contributed by atoms with Crippen LogP contribution in [0.4, 0.5) is 0 Å². The van der Waals surface area contributed by atoms with Gasteiger partial charge in [0.1, 0.15) is 0 Å². The summed E-state index contributed by atoms with van der Waals surface area (Å²) in [6, 6.07) is 2.99. The number of aromatic carboxylic acids is 1. The lowest BCUT2D eigenvalue weighted by atomic mass is 10.4. The molecule has 0 fully saturated rings. The monoisotopic (exact) mass is 157 g/mol. The molecule has 0 aromatic carbocycles. The van der Waals surface area contributed by atoms with Crippen molar-refractivity contribution >= 4 is 17.3 Å². The van der Waals surface area contributed by atoms with E-state index in [0.29, 0.717) is 4.88 Å². The molecule has 0 saturated carbocycles. The smallest absolute Gasteiger partial charge is 0.0815 e. The zero-order valence-corrected chi connectivity index (χ0v) is 5.85. The van der Waals surface area contributed by atoms with E-state index in [0.717, 1.165) is 11.3 Å². The number of rotatable bonds is 2. The summed E-state index contributed by atoms with van der Waals surface area (Å²) in [6.07, 6.45) is 0. The number of hydrogen-bond donors (Lipinski definition) is 1. The SMILES string of the molecule is O=C([O-])c1ccc(CO)s1. The number of hydrogen-bond acceptors (Lipinski definition) is 4. The minimum atomic E-state index is -1.19. The molecule has 0 aliphatic heterocycles. The number of aliphatic hydroxyl groups is 1. The Bertz CT molecular complexity index is 241. The first kappa shape index (κ1) is 7.24. The minimum Gasteiger partial charge on any atom is -0.544 e. The molecule has 1 N–H and O–H groups in total. The Morgan fingerprint density at radius 2 is 2.40 bits per heavy atom. The van der Waals surface area contributed by atoms with Crippen molar-refractivity contribution in [3.05, 3.63) is 21.9 Å². The van der Waals surface area contributed by atoms with Crippen molar-refractivity contribution in [1.82, 2.24) is 0 Å². The molecule has 10 heavy (non-hydrogen) atoms. The zero-order valence-electron chi connectivity index (χ0n) is 5.03. The Hall–Kier alpha value is -0.870. The first-order valence-corrected chi connectivity index (χ1v) is 3.46. The van der Waals surface area contributed by atoms with Gasteiger partial charge in [-0.1, -0.05) is 0 Å². The molecule has 0 unspecified atom stereocenters. The second-order valence-corrected chi connectivity index (χ2v) is 2.88. The second-order valence-electron chi connectivity index (χ2n) is 1.71. The van der Waals surface area contributed by atoms with Gasteiger partial charge in [-0.25, -0.2) is 0 Å². The van der Waals surface area contributed by atoms with Crippen LogP contribution in [-0.2, 0) is 6.61 Å². The maximum Gasteiger partial charge on any atom is 0.0815 e. The van der Waals surface area contributed by atoms with Crippen LogP contribution in [0.2, 0.25) is 0 Å². The summed E-state index contributed by atoms with van der Waals surface area (Å²) < 4.78 is 0. The van der Waals surface area contributed by atoms with Gasteiger partial charge in [0.2, 0.25) is 0 Å². The minimum absolute atomic E-state index is 0.113. The van der Waals surface area contributed by atoms with E-state index in [2.05, 4.69) is 0 Å². The topological polar surface area (TPSA) is 60.4 Å². The van der Waals surface area contributed by atoms with E-state index in [4.69, 9.17) is 5.11 Å². The van der Waals surface area contributed by atoms with Crippen molar-refractivity contribution in [1.29, 1.82) is 0 Å². The van der Waals surface area contributed by atoms with Gasteiger partial charge in [0.25, 0.3) is 0 Å². The van der Waals surface area contributed by atoms with Crippen LogP contribution < -0.4 is 5.11 Å². The number of aliphatic hydroxyl groups excluding tert-OH is 1. The predicted octanol–water partition coefficient (Wildman–Crippen LogP) is -0.396. The maximum absolute atomic E-state index is 10.1. The average Bonchev–Trinajstić information content (AvgIpc) is 2.34. The number of carbonyl (C=O) groups is 1. The summed E-state index contributed by atoms with van der Waals surface area (Å²) in [5.74, 6) is -1.19. The third kappa shape index (κ3) is 1.34. The molecular weight excluding hydrogens is 152 g/mol. The molecule has 0 amide bonds. The maximum atomic E-state index is 10.1. The highest BCUT2D eigenvalue weighted by Crippen LogP contribution is 2.14. The summed E-state index contributed by atoms with van der Waals surface area (Å²) in [4.78, 5) is 10.9. The van der Waals surface area contributed by atoms with Crippen molar-refractivity contribution < 1.29 is 15.0 Å². The van der Waals surface area contributed by atoms with Crippen LogP contribution in [0.15, 0.2) is 12.1 Å². The van der Waals surface area contributed by atoms with E-state index in [1.54, 1.807) is 6.07 Å². The van der Waals surface area contributed by atoms with Crippen LogP contribution in [0.3, 0.4) is 0 Å². The van der Waals surface area contributed by atoms with Crippen LogP contribution in [0.1, 0.15) is 14.5 Å². The van der Waals surface area contributed by atoms with Crippen LogP contribution in [0.25, 0.3) is 0 Å². The molecule has 0 bridgehead atoms. The van der Waals surface area contributed by atoms with E-state index in [-0.39, 0.29) is 11.5 Å². The molecule has 54 valence electrons. The number of carboxylic acids is 1. The summed E-state index contributed by atoms with van der Waals surface area (Å²) in [5, 5.41) is 18.7. The molecule has 1 aromatic rings. The largest absolute Gasteiger partial charge is 0.544 e. The lowest BCUT2D eigenvalue weighted by Crippen LogP contribution is -2.20. The first-order chi connectivity index (χ1) is 4.74. The standard InChI is InChI=1S/C6H6O3S/c7-3-4-1-2-5(10-4)6(8)9/h1-2,7H,3H2,(H,8,9)/p-1. The third-order valence-electron chi connectivity index (χ3n) is 1.02. The molecule has 4 heteroatoms. The van der Waals surface area contributed by atoms with Crippen LogP contribution in [0.5, 0.6) is 0 Å². The molecule has 1 aromatic heterocycles. The Morgan fingerprint density at radius 1 is 1.70 bits per heavy atom. The van der Waals surface area contributed by atoms with Gasteiger partial charge < -0.3 is 15.0 Å². The van der Waals surface area contributed by atoms with E-state index in [1.807, 2.05) is 0 Å². The number of carboxylic acid groups (broad SMARTS) is 1. The van der Waals surface area contributed by atoms with Crippen molar-refractivity contribution in [2.75, 3.05) is 0 Å². The van der Waals surface area contributed by atoms with E-state index in [1.165, 1.54) is 6.07 Å². The number of thiophene rings is 1. The highest BCUT2D eigenvalue weighted by molar-refractivity contribution is 7.13. The summed E-state index contributed by atoms with van der Waals surface area (Å²) in [7, 11) is 0. The van der Waals surface area contributed by atoms with Crippen LogP contribution >= 0.6 is 11.3 Å². The first-order valence-electron chi connectivity index (χ1n) is 2.65. The molecular formula is C6H5O3S-. The Labute approximate surface area is 61.6 Å². The average molecular weight is 157 g/mol. The van der Waals surface area contributed by atoms with Crippen LogP contribution in [-0.4, -0.2) is 11.1 Å². The normalized spacial score (nSPS) is 9.70. The fourth-order valence-corrected chi connectivity index (χ4v) is 1.28. The molecule has 3 nitrogen and oxygen atoms in total. The van der Waals surface area contributed by atoms with Gasteiger partial charge in [-0.15, -0.1) is 11.3 Å². The molecule has 0 spiro atoms. The third-order valence-corrected chi connectivity index (χ3v) is 2.07. The van der Waals surface area contributed by atoms with Crippen molar-refractivity contribution in [3.63, 3.8) is 0 Å². The highest BCUT2D eigenvalue weighted by Gasteiger charge is 1.97. The molecule has 0 saturated heterocycles. The Balaban J connectivity index is 2.88. The highest BCUT2D eigenvalue weighted by atomic mass is 32.1. The quantitative estimate of drug-likeness (QED) is 0.635. The summed E-state index contributed by atoms with van der Waals surface area (Å²) in [6.45, 7) is -0.113. The van der Waals surface area contributed by atoms with Gasteiger partial charge in [-0.3, -0.25) is 0 Å². The van der Waals surface area contributed by atoms with Gasteiger partial charge in [0.05, 0.1) is 17.5 Å². The molecule has 0 aliphatic carbocycles. The molecule has 0 radical (unpaired) electrons.